The zero-order valence-electron chi connectivity index (χ0n) is 11.6. The molecule has 0 saturated heterocycles. The molecule has 0 unspecified atom stereocenters. The lowest BCUT2D eigenvalue weighted by Gasteiger charge is -2.18. The van der Waals surface area contributed by atoms with Crippen LogP contribution in [-0.4, -0.2) is 30.1 Å². The van der Waals surface area contributed by atoms with E-state index < -0.39 is 9.84 Å². The van der Waals surface area contributed by atoms with Crippen molar-refractivity contribution in [1.29, 1.82) is 0 Å². The van der Waals surface area contributed by atoms with E-state index in [0.29, 0.717) is 24.4 Å². The smallest absolute Gasteiger partial charge is 0.187 e. The summed E-state index contributed by atoms with van der Waals surface area (Å²) < 4.78 is 29.0. The Morgan fingerprint density at radius 2 is 2.19 bits per heavy atom. The molecule has 0 atom stereocenters. The molecule has 0 bridgehead atoms. The number of aromatic nitrogens is 2. The highest BCUT2D eigenvalue weighted by Gasteiger charge is 2.41. The summed E-state index contributed by atoms with van der Waals surface area (Å²) in [6, 6.07) is 5.65. The van der Waals surface area contributed by atoms with E-state index in [4.69, 9.17) is 5.73 Å². The van der Waals surface area contributed by atoms with Gasteiger partial charge in [-0.15, -0.1) is 0 Å². The maximum Gasteiger partial charge on any atom is 0.187 e. The Morgan fingerprint density at radius 1 is 1.43 bits per heavy atom. The number of anilines is 2. The minimum absolute atomic E-state index is 0.106. The fourth-order valence-corrected chi connectivity index (χ4v) is 5.16. The van der Waals surface area contributed by atoms with Gasteiger partial charge in [-0.05, 0) is 36.5 Å². The van der Waals surface area contributed by atoms with Gasteiger partial charge in [-0.25, -0.2) is 8.42 Å². The lowest BCUT2D eigenvalue weighted by molar-refractivity contribution is 0.595. The van der Waals surface area contributed by atoms with Crippen LogP contribution in [0.1, 0.15) is 18.5 Å². The third-order valence-corrected chi connectivity index (χ3v) is 6.80. The van der Waals surface area contributed by atoms with Crippen molar-refractivity contribution in [2.45, 2.75) is 29.5 Å². The summed E-state index contributed by atoms with van der Waals surface area (Å²) in [6.07, 6.45) is 3.13. The van der Waals surface area contributed by atoms with Crippen molar-refractivity contribution >= 4 is 32.2 Å². The van der Waals surface area contributed by atoms with Crippen molar-refractivity contribution in [3.63, 3.8) is 0 Å². The Bertz CT molecular complexity index is 739. The highest BCUT2D eigenvalue weighted by molar-refractivity contribution is 7.92. The van der Waals surface area contributed by atoms with Crippen LogP contribution >= 0.6 is 11.5 Å². The highest BCUT2D eigenvalue weighted by atomic mass is 32.2. The number of hydrogen-bond donors (Lipinski definition) is 1. The van der Waals surface area contributed by atoms with Crippen molar-refractivity contribution in [2.24, 2.45) is 0 Å². The van der Waals surface area contributed by atoms with Crippen LogP contribution in [0.2, 0.25) is 0 Å². The third-order valence-electron chi connectivity index (χ3n) is 3.38. The molecule has 21 heavy (non-hydrogen) atoms. The number of rotatable bonds is 5. The number of pyridine rings is 1. The number of hydrogen-bond acceptors (Lipinski definition) is 7. The summed E-state index contributed by atoms with van der Waals surface area (Å²) >= 11 is 1.12. The fourth-order valence-electron chi connectivity index (χ4n) is 2.15. The largest absolute Gasteiger partial charge is 0.382 e. The van der Waals surface area contributed by atoms with Gasteiger partial charge in [0.1, 0.15) is 9.90 Å². The van der Waals surface area contributed by atoms with Gasteiger partial charge in [0, 0.05) is 13.2 Å². The molecule has 8 heteroatoms. The maximum absolute atomic E-state index is 12.5. The Kier molecular flexibility index (Phi) is 3.58. The van der Waals surface area contributed by atoms with Crippen LogP contribution in [0, 0.1) is 0 Å². The summed E-state index contributed by atoms with van der Waals surface area (Å²) in [4.78, 5) is 6.28. The van der Waals surface area contributed by atoms with Gasteiger partial charge < -0.3 is 10.6 Å². The predicted molar refractivity (Wildman–Crippen MR) is 83.1 cm³/mol. The lowest BCUT2D eigenvalue weighted by atomic mass is 10.3. The van der Waals surface area contributed by atoms with Crippen molar-refractivity contribution in [2.75, 3.05) is 17.7 Å². The van der Waals surface area contributed by atoms with E-state index in [1.165, 1.54) is 0 Å². The van der Waals surface area contributed by atoms with Gasteiger partial charge in [0.15, 0.2) is 15.7 Å². The molecule has 112 valence electrons. The van der Waals surface area contributed by atoms with E-state index in [-0.39, 0.29) is 16.0 Å². The molecule has 1 saturated carbocycles. The third kappa shape index (κ3) is 2.73. The van der Waals surface area contributed by atoms with Crippen molar-refractivity contribution in [3.8, 4) is 0 Å². The van der Waals surface area contributed by atoms with Crippen LogP contribution in [0.4, 0.5) is 10.8 Å². The van der Waals surface area contributed by atoms with Crippen LogP contribution in [-0.2, 0) is 16.4 Å². The zero-order chi connectivity index (χ0) is 15.0. The fraction of sp³-hybridized carbons (Fsp3) is 0.385. The van der Waals surface area contributed by atoms with Gasteiger partial charge in [-0.1, -0.05) is 6.07 Å². The molecule has 2 N–H and O–H groups in total. The molecule has 1 aliphatic rings. The molecule has 6 nitrogen and oxygen atoms in total. The van der Waals surface area contributed by atoms with Gasteiger partial charge >= 0.3 is 0 Å². The van der Waals surface area contributed by atoms with Crippen molar-refractivity contribution in [1.82, 2.24) is 9.36 Å². The number of nitrogens with zero attached hydrogens (tertiary/aromatic N) is 3. The molecule has 1 aliphatic carbocycles. The van der Waals surface area contributed by atoms with Crippen LogP contribution in [0.15, 0.2) is 29.3 Å². The van der Waals surface area contributed by atoms with Gasteiger partial charge in [0.25, 0.3) is 0 Å². The van der Waals surface area contributed by atoms with Crippen LogP contribution in [0.25, 0.3) is 0 Å². The monoisotopic (exact) mass is 324 g/mol. The van der Waals surface area contributed by atoms with E-state index in [1.807, 2.05) is 30.1 Å². The summed E-state index contributed by atoms with van der Waals surface area (Å²) in [5, 5.41) is 0.295. The molecule has 0 radical (unpaired) electrons. The molecule has 1 fully saturated rings. The van der Waals surface area contributed by atoms with E-state index in [2.05, 4.69) is 9.36 Å². The quantitative estimate of drug-likeness (QED) is 0.900. The second-order valence-corrected chi connectivity index (χ2v) is 8.04. The van der Waals surface area contributed by atoms with Gasteiger partial charge in [0.2, 0.25) is 0 Å². The molecule has 3 rings (SSSR count). The first-order valence-corrected chi connectivity index (χ1v) is 8.92. The lowest BCUT2D eigenvalue weighted by Crippen LogP contribution is -2.20. The Labute approximate surface area is 127 Å². The second-order valence-electron chi connectivity index (χ2n) is 5.12. The molecule has 0 spiro atoms. The highest BCUT2D eigenvalue weighted by Crippen LogP contribution is 2.42. The maximum atomic E-state index is 12.5. The first-order valence-electron chi connectivity index (χ1n) is 6.60. The molecular weight excluding hydrogens is 308 g/mol. The summed E-state index contributed by atoms with van der Waals surface area (Å²) in [5.74, 6) is 0.106. The normalized spacial score (nSPS) is 15.1. The predicted octanol–water partition coefficient (Wildman–Crippen LogP) is 1.69. The van der Waals surface area contributed by atoms with Crippen LogP contribution < -0.4 is 10.6 Å². The first-order chi connectivity index (χ1) is 10.00. The van der Waals surface area contributed by atoms with Crippen LogP contribution in [0.5, 0.6) is 0 Å². The van der Waals surface area contributed by atoms with Gasteiger partial charge in [-0.3, -0.25) is 4.98 Å². The Morgan fingerprint density at radius 3 is 2.81 bits per heavy atom. The van der Waals surface area contributed by atoms with Crippen molar-refractivity contribution in [3.05, 3.63) is 30.1 Å². The standard InChI is InChI=1S/C13H16N4O2S2/c1-17(8-9-4-2-3-7-15-9)13-11(12(14)16-20-13)21(18,19)10-5-6-10/h2-4,7,10H,5-6,8H2,1H3,(H2,14,16). The Balaban J connectivity index is 1.92. The molecule has 2 aromatic heterocycles. The summed E-state index contributed by atoms with van der Waals surface area (Å²) in [6.45, 7) is 0.510. The Hall–Kier alpha value is -1.67. The summed E-state index contributed by atoms with van der Waals surface area (Å²) in [7, 11) is -1.53. The molecule has 2 aromatic rings. The van der Waals surface area contributed by atoms with Crippen molar-refractivity contribution < 1.29 is 8.42 Å². The molecule has 0 aromatic carbocycles. The number of nitrogen functional groups attached to an aromatic ring is 1. The van der Waals surface area contributed by atoms with E-state index >= 15 is 0 Å². The number of nitrogens with two attached hydrogens (primary N) is 1. The summed E-state index contributed by atoms with van der Waals surface area (Å²) in [5.41, 5.74) is 6.66. The molecular formula is C13H16N4O2S2. The SMILES string of the molecule is CN(Cc1ccccn1)c1snc(N)c1S(=O)(=O)C1CC1. The van der Waals surface area contributed by atoms with E-state index in [9.17, 15) is 8.42 Å². The molecule has 2 heterocycles. The second kappa shape index (κ2) is 5.27. The zero-order valence-corrected chi connectivity index (χ0v) is 13.2. The van der Waals surface area contributed by atoms with Gasteiger partial charge in [0.05, 0.1) is 17.5 Å². The minimum Gasteiger partial charge on any atom is -0.382 e. The average Bonchev–Trinajstić information content (AvgIpc) is 3.23. The van der Waals surface area contributed by atoms with E-state index in [1.54, 1.807) is 6.20 Å². The first kappa shape index (κ1) is 14.3. The molecule has 0 amide bonds. The number of sulfone groups is 1. The van der Waals surface area contributed by atoms with Gasteiger partial charge in [-0.2, -0.15) is 4.37 Å². The average molecular weight is 324 g/mol. The van der Waals surface area contributed by atoms with E-state index in [0.717, 1.165) is 17.2 Å². The molecule has 0 aliphatic heterocycles. The topological polar surface area (TPSA) is 89.2 Å². The minimum atomic E-state index is -3.36. The van der Waals surface area contributed by atoms with Crippen LogP contribution in [0.3, 0.4) is 0 Å².